The summed E-state index contributed by atoms with van der Waals surface area (Å²) in [4.78, 5) is 7.02. The molecule has 1 N–H and O–H groups in total. The number of aromatic nitrogens is 2. The largest absolute Gasteiger partial charge is 0.364 e. The molecule has 1 rings (SSSR count). The second-order valence-electron chi connectivity index (χ2n) is 2.64. The number of nitrogens with one attached hydrogen (secondary N) is 1. The summed E-state index contributed by atoms with van der Waals surface area (Å²) in [7, 11) is 0. The number of hydrogen-bond acceptors (Lipinski definition) is 3. The highest BCUT2D eigenvalue weighted by Gasteiger charge is 2.40. The van der Waals surface area contributed by atoms with Gasteiger partial charge in [-0.2, -0.15) is 8.78 Å². The molecule has 0 fully saturated rings. The standard InChI is InChI=1S/C7H6ClF4N3/c8-4-1-5(15-3-14-4)13-2-7(11,12)6(9)10/h1,3,6H,2H2,(H,13,14,15). The Morgan fingerprint density at radius 1 is 1.40 bits per heavy atom. The third kappa shape index (κ3) is 3.50. The zero-order valence-corrected chi connectivity index (χ0v) is 7.98. The number of anilines is 1. The molecule has 15 heavy (non-hydrogen) atoms. The second kappa shape index (κ2) is 4.61. The maximum absolute atomic E-state index is 12.4. The molecule has 84 valence electrons. The van der Waals surface area contributed by atoms with E-state index in [2.05, 4.69) is 9.97 Å². The van der Waals surface area contributed by atoms with Crippen molar-refractivity contribution >= 4 is 17.4 Å². The van der Waals surface area contributed by atoms with E-state index >= 15 is 0 Å². The third-order valence-corrected chi connectivity index (χ3v) is 1.66. The quantitative estimate of drug-likeness (QED) is 0.652. The molecule has 0 bridgehead atoms. The van der Waals surface area contributed by atoms with Gasteiger partial charge in [0.05, 0.1) is 6.54 Å². The van der Waals surface area contributed by atoms with Crippen molar-refractivity contribution < 1.29 is 17.6 Å². The zero-order valence-electron chi connectivity index (χ0n) is 7.22. The molecule has 3 nitrogen and oxygen atoms in total. The third-order valence-electron chi connectivity index (χ3n) is 1.46. The predicted octanol–water partition coefficient (Wildman–Crippen LogP) is 2.44. The van der Waals surface area contributed by atoms with Crippen LogP contribution in [0.2, 0.25) is 5.15 Å². The van der Waals surface area contributed by atoms with Crippen LogP contribution in [0.25, 0.3) is 0 Å². The summed E-state index contributed by atoms with van der Waals surface area (Å²) in [6, 6.07) is 1.16. The summed E-state index contributed by atoms with van der Waals surface area (Å²) < 4.78 is 48.4. The lowest BCUT2D eigenvalue weighted by Gasteiger charge is -2.15. The lowest BCUT2D eigenvalue weighted by Crippen LogP contribution is -2.35. The molecule has 0 saturated heterocycles. The Bertz CT molecular complexity index is 334. The molecule has 0 aromatic carbocycles. The molecule has 0 saturated carbocycles. The maximum atomic E-state index is 12.4. The van der Waals surface area contributed by atoms with E-state index < -0.39 is 18.9 Å². The average molecular weight is 244 g/mol. The van der Waals surface area contributed by atoms with E-state index in [-0.39, 0.29) is 11.0 Å². The SMILES string of the molecule is FC(F)C(F)(F)CNc1cc(Cl)ncn1. The molecule has 0 aliphatic rings. The molecule has 0 spiro atoms. The van der Waals surface area contributed by atoms with E-state index in [0.717, 1.165) is 12.4 Å². The normalized spacial score (nSPS) is 11.9. The van der Waals surface area contributed by atoms with Crippen LogP contribution in [0.1, 0.15) is 0 Å². The van der Waals surface area contributed by atoms with Gasteiger partial charge in [-0.05, 0) is 0 Å². The summed E-state index contributed by atoms with van der Waals surface area (Å²) in [5.41, 5.74) is 0. The molecule has 0 aliphatic heterocycles. The van der Waals surface area contributed by atoms with E-state index in [9.17, 15) is 17.6 Å². The van der Waals surface area contributed by atoms with Crippen molar-refractivity contribution in [2.24, 2.45) is 0 Å². The topological polar surface area (TPSA) is 37.8 Å². The molecular weight excluding hydrogens is 238 g/mol. The number of alkyl halides is 4. The summed E-state index contributed by atoms with van der Waals surface area (Å²) in [6.07, 6.45) is -2.69. The van der Waals surface area contributed by atoms with Gasteiger partial charge in [-0.3, -0.25) is 0 Å². The number of hydrogen-bond donors (Lipinski definition) is 1. The summed E-state index contributed by atoms with van der Waals surface area (Å²) in [6.45, 7) is -1.21. The first-order valence-corrected chi connectivity index (χ1v) is 4.17. The summed E-state index contributed by atoms with van der Waals surface area (Å²) in [5.74, 6) is -4.13. The van der Waals surface area contributed by atoms with Crippen LogP contribution in [0.15, 0.2) is 12.4 Å². The predicted molar refractivity (Wildman–Crippen MR) is 46.5 cm³/mol. The Balaban J connectivity index is 2.57. The molecule has 0 amide bonds. The number of rotatable bonds is 4. The Morgan fingerprint density at radius 3 is 2.60 bits per heavy atom. The van der Waals surface area contributed by atoms with Gasteiger partial charge in [-0.1, -0.05) is 11.6 Å². The van der Waals surface area contributed by atoms with Crippen LogP contribution in [-0.4, -0.2) is 28.9 Å². The van der Waals surface area contributed by atoms with Crippen LogP contribution in [0.3, 0.4) is 0 Å². The van der Waals surface area contributed by atoms with Crippen molar-refractivity contribution in [2.45, 2.75) is 12.3 Å². The highest BCUT2D eigenvalue weighted by molar-refractivity contribution is 6.29. The van der Waals surface area contributed by atoms with Gasteiger partial charge in [-0.25, -0.2) is 18.7 Å². The molecule has 0 aliphatic carbocycles. The van der Waals surface area contributed by atoms with Gasteiger partial charge >= 0.3 is 12.3 Å². The van der Waals surface area contributed by atoms with E-state index in [1.54, 1.807) is 0 Å². The first-order valence-electron chi connectivity index (χ1n) is 3.79. The number of halogens is 5. The minimum atomic E-state index is -4.10. The highest BCUT2D eigenvalue weighted by atomic mass is 35.5. The fourth-order valence-electron chi connectivity index (χ4n) is 0.716. The Hall–Kier alpha value is -1.11. The van der Waals surface area contributed by atoms with Crippen LogP contribution >= 0.6 is 11.6 Å². The minimum Gasteiger partial charge on any atom is -0.364 e. The van der Waals surface area contributed by atoms with E-state index in [1.807, 2.05) is 5.32 Å². The van der Waals surface area contributed by atoms with Crippen molar-refractivity contribution in [1.29, 1.82) is 0 Å². The van der Waals surface area contributed by atoms with Gasteiger partial charge in [0.25, 0.3) is 0 Å². The maximum Gasteiger partial charge on any atom is 0.324 e. The minimum absolute atomic E-state index is 0.0321. The van der Waals surface area contributed by atoms with Gasteiger partial charge in [-0.15, -0.1) is 0 Å². The van der Waals surface area contributed by atoms with E-state index in [4.69, 9.17) is 11.6 Å². The molecule has 0 atom stereocenters. The molecule has 1 heterocycles. The smallest absolute Gasteiger partial charge is 0.324 e. The molecule has 8 heteroatoms. The lowest BCUT2D eigenvalue weighted by atomic mass is 10.3. The van der Waals surface area contributed by atoms with Crippen molar-refractivity contribution in [3.05, 3.63) is 17.5 Å². The second-order valence-corrected chi connectivity index (χ2v) is 3.03. The van der Waals surface area contributed by atoms with Gasteiger partial charge in [0.2, 0.25) is 0 Å². The van der Waals surface area contributed by atoms with Crippen LogP contribution in [-0.2, 0) is 0 Å². The Morgan fingerprint density at radius 2 is 2.07 bits per heavy atom. The van der Waals surface area contributed by atoms with Crippen molar-refractivity contribution in [1.82, 2.24) is 9.97 Å². The zero-order chi connectivity index (χ0) is 11.5. The van der Waals surface area contributed by atoms with Crippen LogP contribution < -0.4 is 5.32 Å². The highest BCUT2D eigenvalue weighted by Crippen LogP contribution is 2.23. The first-order chi connectivity index (χ1) is 6.92. The van der Waals surface area contributed by atoms with Crippen LogP contribution in [0.4, 0.5) is 23.4 Å². The Labute approximate surface area is 87.5 Å². The molecule has 1 aromatic heterocycles. The van der Waals surface area contributed by atoms with E-state index in [0.29, 0.717) is 0 Å². The van der Waals surface area contributed by atoms with Gasteiger partial charge in [0.15, 0.2) is 0 Å². The van der Waals surface area contributed by atoms with Crippen LogP contribution in [0, 0.1) is 0 Å². The summed E-state index contributed by atoms with van der Waals surface area (Å²) in [5, 5.41) is 2.08. The first kappa shape index (κ1) is 12.0. The fraction of sp³-hybridized carbons (Fsp3) is 0.429. The summed E-state index contributed by atoms with van der Waals surface area (Å²) >= 11 is 5.43. The molecular formula is C7H6ClF4N3. The fourth-order valence-corrected chi connectivity index (χ4v) is 0.863. The Kier molecular flexibility index (Phi) is 3.67. The van der Waals surface area contributed by atoms with Crippen molar-refractivity contribution in [2.75, 3.05) is 11.9 Å². The molecule has 0 radical (unpaired) electrons. The van der Waals surface area contributed by atoms with E-state index in [1.165, 1.54) is 0 Å². The van der Waals surface area contributed by atoms with Crippen LogP contribution in [0.5, 0.6) is 0 Å². The average Bonchev–Trinajstić information content (AvgIpc) is 2.15. The lowest BCUT2D eigenvalue weighted by molar-refractivity contribution is -0.117. The molecule has 1 aromatic rings. The van der Waals surface area contributed by atoms with Crippen molar-refractivity contribution in [3.8, 4) is 0 Å². The van der Waals surface area contributed by atoms with Gasteiger partial charge < -0.3 is 5.32 Å². The van der Waals surface area contributed by atoms with Gasteiger partial charge in [0.1, 0.15) is 17.3 Å². The van der Waals surface area contributed by atoms with Crippen molar-refractivity contribution in [3.63, 3.8) is 0 Å². The monoisotopic (exact) mass is 243 g/mol. The van der Waals surface area contributed by atoms with Gasteiger partial charge in [0, 0.05) is 6.07 Å². The number of nitrogens with zero attached hydrogens (tertiary/aromatic N) is 2. The molecule has 0 unspecified atom stereocenters.